The average molecular weight is 524 g/mol. The summed E-state index contributed by atoms with van der Waals surface area (Å²) in [6.45, 7) is 1.82. The Bertz CT molecular complexity index is 1410. The molecule has 186 valence electrons. The molecule has 1 aromatic heterocycles. The van der Waals surface area contributed by atoms with Gasteiger partial charge in [-0.1, -0.05) is 17.4 Å². The molecule has 36 heavy (non-hydrogen) atoms. The molecule has 0 aliphatic carbocycles. The lowest BCUT2D eigenvalue weighted by molar-refractivity contribution is -0.115. The summed E-state index contributed by atoms with van der Waals surface area (Å²) in [7, 11) is 4.67. The zero-order valence-corrected chi connectivity index (χ0v) is 21.8. The van der Waals surface area contributed by atoms with Crippen molar-refractivity contribution in [2.24, 2.45) is 0 Å². The van der Waals surface area contributed by atoms with Gasteiger partial charge in [-0.05, 0) is 61.5 Å². The van der Waals surface area contributed by atoms with Crippen molar-refractivity contribution in [3.63, 3.8) is 0 Å². The van der Waals surface area contributed by atoms with Crippen LogP contribution >= 0.6 is 23.1 Å². The van der Waals surface area contributed by atoms with Crippen LogP contribution in [0.1, 0.15) is 17.3 Å². The molecule has 8 nitrogen and oxygen atoms in total. The molecule has 0 aliphatic rings. The maximum Gasteiger partial charge on any atom is 0.255 e. The van der Waals surface area contributed by atoms with Crippen molar-refractivity contribution in [2.45, 2.75) is 17.1 Å². The minimum atomic E-state index is -0.386. The molecule has 0 aliphatic heterocycles. The van der Waals surface area contributed by atoms with Gasteiger partial charge in [0.15, 0.2) is 16.6 Å². The maximum atomic E-state index is 12.8. The van der Waals surface area contributed by atoms with Gasteiger partial charge in [-0.15, -0.1) is 11.8 Å². The van der Waals surface area contributed by atoms with Gasteiger partial charge in [0.25, 0.3) is 5.91 Å². The number of carbonyl (C=O) groups excluding carboxylic acids is 2. The summed E-state index contributed by atoms with van der Waals surface area (Å²) in [4.78, 5) is 30.9. The van der Waals surface area contributed by atoms with Crippen molar-refractivity contribution in [3.8, 4) is 17.2 Å². The number of aromatic nitrogens is 1. The fourth-order valence-corrected chi connectivity index (χ4v) is 5.20. The van der Waals surface area contributed by atoms with Crippen LogP contribution in [0.15, 0.2) is 65.6 Å². The van der Waals surface area contributed by atoms with E-state index in [0.29, 0.717) is 27.9 Å². The second kappa shape index (κ2) is 11.3. The van der Waals surface area contributed by atoms with E-state index in [1.165, 1.54) is 30.2 Å². The van der Waals surface area contributed by atoms with Crippen molar-refractivity contribution in [1.29, 1.82) is 0 Å². The van der Waals surface area contributed by atoms with Gasteiger partial charge < -0.3 is 24.8 Å². The van der Waals surface area contributed by atoms with E-state index in [2.05, 4.69) is 15.6 Å². The van der Waals surface area contributed by atoms with E-state index < -0.39 is 0 Å². The number of nitrogens with one attached hydrogen (secondary N) is 2. The fourth-order valence-electron chi connectivity index (χ4n) is 3.38. The van der Waals surface area contributed by atoms with E-state index in [0.717, 1.165) is 20.9 Å². The summed E-state index contributed by atoms with van der Waals surface area (Å²) >= 11 is 2.78. The number of ether oxygens (including phenoxy) is 3. The molecule has 1 heterocycles. The molecule has 0 fully saturated rings. The molecule has 0 bridgehead atoms. The number of hydrogen-bond acceptors (Lipinski definition) is 8. The number of thiazole rings is 1. The molecule has 0 spiro atoms. The summed E-state index contributed by atoms with van der Waals surface area (Å²) in [5.74, 6) is 1.32. The lowest BCUT2D eigenvalue weighted by Gasteiger charge is -2.12. The highest BCUT2D eigenvalue weighted by atomic mass is 32.2. The molecule has 10 heteroatoms. The van der Waals surface area contributed by atoms with Gasteiger partial charge >= 0.3 is 0 Å². The Kier molecular flexibility index (Phi) is 7.97. The molecular formula is C26H25N3O5S2. The number of carbonyl (C=O) groups is 2. The van der Waals surface area contributed by atoms with Crippen molar-refractivity contribution >= 4 is 55.9 Å². The van der Waals surface area contributed by atoms with Crippen LogP contribution in [0.3, 0.4) is 0 Å². The molecule has 0 saturated heterocycles. The Balaban J connectivity index is 1.39. The first-order chi connectivity index (χ1) is 17.4. The Morgan fingerprint density at radius 1 is 0.917 bits per heavy atom. The quantitative estimate of drug-likeness (QED) is 0.272. The molecule has 2 amide bonds. The Morgan fingerprint density at radius 2 is 1.72 bits per heavy atom. The molecular weight excluding hydrogens is 498 g/mol. The zero-order valence-electron chi connectivity index (χ0n) is 20.2. The van der Waals surface area contributed by atoms with Gasteiger partial charge in [-0.25, -0.2) is 4.98 Å². The van der Waals surface area contributed by atoms with Crippen LogP contribution in [0.2, 0.25) is 0 Å². The third kappa shape index (κ3) is 5.89. The first-order valence-corrected chi connectivity index (χ1v) is 12.7. The molecule has 4 aromatic rings. The zero-order chi connectivity index (χ0) is 25.7. The number of fused-ring (bicyclic) bond motifs is 1. The lowest BCUT2D eigenvalue weighted by Crippen LogP contribution is -2.22. The third-order valence-electron chi connectivity index (χ3n) is 5.25. The highest BCUT2D eigenvalue weighted by molar-refractivity contribution is 8.00. The number of benzene rings is 3. The first-order valence-electron chi connectivity index (χ1n) is 11.0. The fraction of sp³-hybridized carbons (Fsp3) is 0.192. The highest BCUT2D eigenvalue weighted by Gasteiger charge is 2.17. The molecule has 3 aromatic carbocycles. The molecule has 1 unspecified atom stereocenters. The number of nitrogens with zero attached hydrogens (tertiary/aromatic N) is 1. The van der Waals surface area contributed by atoms with E-state index in [4.69, 9.17) is 14.2 Å². The van der Waals surface area contributed by atoms with Crippen LogP contribution in [0, 0.1) is 0 Å². The number of anilines is 2. The lowest BCUT2D eigenvalue weighted by atomic mass is 10.2. The SMILES string of the molecule is COc1ccc2nc(NC(=O)C(C)Sc3cccc(NC(=O)c4ccc(OC)c(OC)c4)c3)sc2c1. The summed E-state index contributed by atoms with van der Waals surface area (Å²) in [5.41, 5.74) is 1.86. The van der Waals surface area contributed by atoms with Gasteiger partial charge in [0.1, 0.15) is 5.75 Å². The van der Waals surface area contributed by atoms with E-state index >= 15 is 0 Å². The second-order valence-corrected chi connectivity index (χ2v) is 10.1. The predicted octanol–water partition coefficient (Wildman–Crippen LogP) is 5.69. The molecule has 0 saturated carbocycles. The minimum Gasteiger partial charge on any atom is -0.497 e. The first kappa shape index (κ1) is 25.3. The summed E-state index contributed by atoms with van der Waals surface area (Å²) in [6.07, 6.45) is 0. The smallest absolute Gasteiger partial charge is 0.255 e. The van der Waals surface area contributed by atoms with Crippen LogP contribution in [0.4, 0.5) is 10.8 Å². The summed E-state index contributed by atoms with van der Waals surface area (Å²) in [6, 6.07) is 17.9. The number of amides is 2. The average Bonchev–Trinajstić information content (AvgIpc) is 3.29. The topological polar surface area (TPSA) is 98.8 Å². The van der Waals surface area contributed by atoms with Gasteiger partial charge in [0.05, 0.1) is 36.8 Å². The van der Waals surface area contributed by atoms with Crippen molar-refractivity contribution < 1.29 is 23.8 Å². The van der Waals surface area contributed by atoms with Gasteiger partial charge in [0, 0.05) is 16.1 Å². The van der Waals surface area contributed by atoms with Gasteiger partial charge in [-0.2, -0.15) is 0 Å². The van der Waals surface area contributed by atoms with Crippen molar-refractivity contribution in [2.75, 3.05) is 32.0 Å². The Hall–Kier alpha value is -3.76. The van der Waals surface area contributed by atoms with Crippen LogP contribution < -0.4 is 24.8 Å². The minimum absolute atomic E-state index is 0.161. The van der Waals surface area contributed by atoms with Crippen LogP contribution in [0.25, 0.3) is 10.2 Å². The standard InChI is InChI=1S/C26H25N3O5S2/c1-15(24(30)29-26-28-20-10-9-18(32-2)14-23(20)36-26)35-19-7-5-6-17(13-19)27-25(31)16-8-11-21(33-3)22(12-16)34-4/h5-15H,1-4H3,(H,27,31)(H,28,29,30). The third-order valence-corrected chi connectivity index (χ3v) is 7.27. The van der Waals surface area contributed by atoms with Crippen LogP contribution in [-0.2, 0) is 4.79 Å². The largest absolute Gasteiger partial charge is 0.497 e. The molecule has 0 radical (unpaired) electrons. The van der Waals surface area contributed by atoms with Crippen molar-refractivity contribution in [1.82, 2.24) is 4.98 Å². The number of methoxy groups -OCH3 is 3. The van der Waals surface area contributed by atoms with Crippen molar-refractivity contribution in [3.05, 3.63) is 66.2 Å². The maximum absolute atomic E-state index is 12.8. The number of hydrogen-bond donors (Lipinski definition) is 2. The highest BCUT2D eigenvalue weighted by Crippen LogP contribution is 2.31. The second-order valence-electron chi connectivity index (χ2n) is 7.65. The van der Waals surface area contributed by atoms with E-state index in [1.807, 2.05) is 43.3 Å². The molecule has 2 N–H and O–H groups in total. The number of rotatable bonds is 9. The predicted molar refractivity (Wildman–Crippen MR) is 144 cm³/mol. The monoisotopic (exact) mass is 523 g/mol. The van der Waals surface area contributed by atoms with Gasteiger partial charge in [0.2, 0.25) is 5.91 Å². The molecule has 4 rings (SSSR count). The van der Waals surface area contributed by atoms with E-state index in [-0.39, 0.29) is 17.1 Å². The van der Waals surface area contributed by atoms with E-state index in [1.54, 1.807) is 38.5 Å². The summed E-state index contributed by atoms with van der Waals surface area (Å²) < 4.78 is 16.7. The summed E-state index contributed by atoms with van der Waals surface area (Å²) in [5, 5.41) is 5.93. The number of thioether (sulfide) groups is 1. The van der Waals surface area contributed by atoms with Crippen LogP contribution in [0.5, 0.6) is 17.2 Å². The normalized spacial score (nSPS) is 11.6. The van der Waals surface area contributed by atoms with Crippen LogP contribution in [-0.4, -0.2) is 43.4 Å². The van der Waals surface area contributed by atoms with E-state index in [9.17, 15) is 9.59 Å². The Labute approximate surface area is 217 Å². The molecule has 1 atom stereocenters. The van der Waals surface area contributed by atoms with Gasteiger partial charge in [-0.3, -0.25) is 9.59 Å². The Morgan fingerprint density at radius 3 is 2.47 bits per heavy atom.